The Morgan fingerprint density at radius 2 is 1.61 bits per heavy atom. The summed E-state index contributed by atoms with van der Waals surface area (Å²) in [6.45, 7) is 0.707. The Labute approximate surface area is 186 Å². The predicted molar refractivity (Wildman–Crippen MR) is 127 cm³/mol. The number of sulfonamides is 1. The van der Waals surface area contributed by atoms with Crippen LogP contribution in [-0.4, -0.2) is 20.7 Å². The summed E-state index contributed by atoms with van der Waals surface area (Å²) in [5.41, 5.74) is 4.60. The van der Waals surface area contributed by atoms with Crippen molar-refractivity contribution in [2.24, 2.45) is 4.99 Å². The Hall–Kier alpha value is -3.15. The highest BCUT2D eigenvalue weighted by molar-refractivity contribution is 7.92. The molecule has 6 heteroatoms. The van der Waals surface area contributed by atoms with Crippen LogP contribution in [0.4, 0.5) is 5.69 Å². The second-order valence-corrected chi connectivity index (χ2v) is 9.59. The normalized spacial score (nSPS) is 13.5. The molecule has 0 aliphatic carbocycles. The number of hydrogen-bond acceptors (Lipinski definition) is 3. The molecule has 0 fully saturated rings. The van der Waals surface area contributed by atoms with Crippen LogP contribution in [0, 0.1) is 0 Å². The van der Waals surface area contributed by atoms with E-state index >= 15 is 0 Å². The Kier molecular flexibility index (Phi) is 5.00. The van der Waals surface area contributed by atoms with Gasteiger partial charge >= 0.3 is 0 Å². The SMILES string of the molecule is O=S(=O)(Nc1ccc(C2=NCCc3cc(Cl)ccc32)cc1)c1ccc2ccccc2c1. The lowest BCUT2D eigenvalue weighted by Crippen LogP contribution is -2.15. The number of anilines is 1. The van der Waals surface area contributed by atoms with E-state index in [4.69, 9.17) is 11.6 Å². The molecule has 1 N–H and O–H groups in total. The van der Waals surface area contributed by atoms with E-state index in [-0.39, 0.29) is 4.90 Å². The number of nitrogens with zero attached hydrogens (tertiary/aromatic N) is 1. The average molecular weight is 447 g/mol. The smallest absolute Gasteiger partial charge is 0.261 e. The Morgan fingerprint density at radius 3 is 2.42 bits per heavy atom. The average Bonchev–Trinajstić information content (AvgIpc) is 2.78. The Morgan fingerprint density at radius 1 is 0.839 bits per heavy atom. The molecule has 0 bridgehead atoms. The van der Waals surface area contributed by atoms with E-state index in [1.54, 1.807) is 24.3 Å². The summed E-state index contributed by atoms with van der Waals surface area (Å²) in [6, 6.07) is 26.0. The number of rotatable bonds is 4. The zero-order valence-electron chi connectivity index (χ0n) is 16.5. The van der Waals surface area contributed by atoms with Crippen molar-refractivity contribution in [3.8, 4) is 0 Å². The van der Waals surface area contributed by atoms with Crippen LogP contribution in [0.2, 0.25) is 5.02 Å². The number of hydrogen-bond donors (Lipinski definition) is 1. The molecule has 1 heterocycles. The zero-order valence-corrected chi connectivity index (χ0v) is 18.1. The third kappa shape index (κ3) is 3.94. The third-order valence-electron chi connectivity index (χ3n) is 5.42. The van der Waals surface area contributed by atoms with Gasteiger partial charge in [-0.3, -0.25) is 9.71 Å². The van der Waals surface area contributed by atoms with Crippen molar-refractivity contribution < 1.29 is 8.42 Å². The van der Waals surface area contributed by atoms with Gasteiger partial charge in [0.25, 0.3) is 10.0 Å². The second kappa shape index (κ2) is 7.84. The molecule has 31 heavy (non-hydrogen) atoms. The number of nitrogens with one attached hydrogen (secondary N) is 1. The first kappa shape index (κ1) is 19.8. The molecule has 0 atom stereocenters. The lowest BCUT2D eigenvalue weighted by atomic mass is 9.93. The summed E-state index contributed by atoms with van der Waals surface area (Å²) in [4.78, 5) is 4.92. The highest BCUT2D eigenvalue weighted by Gasteiger charge is 2.18. The molecule has 0 amide bonds. The Bertz CT molecular complexity index is 1430. The predicted octanol–water partition coefficient (Wildman–Crippen LogP) is 5.69. The fraction of sp³-hybridized carbons (Fsp3) is 0.0800. The van der Waals surface area contributed by atoms with Crippen LogP contribution < -0.4 is 4.72 Å². The van der Waals surface area contributed by atoms with Crippen molar-refractivity contribution in [1.82, 2.24) is 0 Å². The van der Waals surface area contributed by atoms with Crippen molar-refractivity contribution >= 4 is 43.8 Å². The minimum Gasteiger partial charge on any atom is -0.284 e. The molecule has 5 rings (SSSR count). The van der Waals surface area contributed by atoms with Crippen molar-refractivity contribution in [2.75, 3.05) is 11.3 Å². The van der Waals surface area contributed by atoms with E-state index in [0.29, 0.717) is 12.2 Å². The first-order chi connectivity index (χ1) is 15.0. The standard InChI is InChI=1S/C25H19ClN2O2S/c26-21-8-12-24-20(15-21)13-14-27-25(24)18-5-9-22(10-6-18)28-31(29,30)23-11-7-17-3-1-2-4-19(17)16-23/h1-12,15-16,28H,13-14H2. The van der Waals surface area contributed by atoms with Crippen molar-refractivity contribution in [1.29, 1.82) is 0 Å². The van der Waals surface area contributed by atoms with Gasteiger partial charge in [-0.1, -0.05) is 60.1 Å². The molecule has 4 aromatic carbocycles. The molecular formula is C25H19ClN2O2S. The summed E-state index contributed by atoms with van der Waals surface area (Å²) in [5, 5.41) is 2.61. The van der Waals surface area contributed by atoms with E-state index in [1.165, 1.54) is 5.56 Å². The molecule has 0 saturated carbocycles. The van der Waals surface area contributed by atoms with E-state index < -0.39 is 10.0 Å². The molecule has 4 aromatic rings. The summed E-state index contributed by atoms with van der Waals surface area (Å²) in [7, 11) is -3.69. The molecule has 1 aliphatic heterocycles. The van der Waals surface area contributed by atoms with Crippen molar-refractivity contribution in [3.05, 3.63) is 107 Å². The van der Waals surface area contributed by atoms with Crippen LogP contribution in [0.15, 0.2) is 94.8 Å². The van der Waals surface area contributed by atoms with Crippen LogP contribution in [0.25, 0.3) is 10.8 Å². The zero-order chi connectivity index (χ0) is 21.4. The van der Waals surface area contributed by atoms with Gasteiger partial charge in [-0.2, -0.15) is 0 Å². The van der Waals surface area contributed by atoms with Gasteiger partial charge in [0, 0.05) is 28.4 Å². The van der Waals surface area contributed by atoms with Crippen LogP contribution in [0.5, 0.6) is 0 Å². The lowest BCUT2D eigenvalue weighted by molar-refractivity contribution is 0.601. The first-order valence-corrected chi connectivity index (χ1v) is 11.8. The lowest BCUT2D eigenvalue weighted by Gasteiger charge is -2.18. The molecule has 0 aromatic heterocycles. The molecule has 0 radical (unpaired) electrons. The molecule has 0 saturated heterocycles. The largest absolute Gasteiger partial charge is 0.284 e. The minimum atomic E-state index is -3.69. The number of benzene rings is 4. The topological polar surface area (TPSA) is 58.5 Å². The summed E-state index contributed by atoms with van der Waals surface area (Å²) < 4.78 is 28.4. The highest BCUT2D eigenvalue weighted by Crippen LogP contribution is 2.26. The molecule has 4 nitrogen and oxygen atoms in total. The van der Waals surface area contributed by atoms with E-state index in [1.807, 2.05) is 60.7 Å². The molecule has 0 unspecified atom stereocenters. The van der Waals surface area contributed by atoms with Crippen LogP contribution in [0.1, 0.15) is 16.7 Å². The molecular weight excluding hydrogens is 428 g/mol. The summed E-state index contributed by atoms with van der Waals surface area (Å²) in [5.74, 6) is 0. The number of fused-ring (bicyclic) bond motifs is 2. The summed E-state index contributed by atoms with van der Waals surface area (Å²) >= 11 is 6.13. The third-order valence-corrected chi connectivity index (χ3v) is 7.03. The van der Waals surface area contributed by atoms with Gasteiger partial charge in [-0.25, -0.2) is 8.42 Å². The quantitative estimate of drug-likeness (QED) is 0.438. The number of aliphatic imine (C=N–C) groups is 1. The van der Waals surface area contributed by atoms with E-state index in [2.05, 4.69) is 9.71 Å². The maximum Gasteiger partial charge on any atom is 0.261 e. The minimum absolute atomic E-state index is 0.234. The monoisotopic (exact) mass is 446 g/mol. The van der Waals surface area contributed by atoms with Crippen LogP contribution >= 0.6 is 11.6 Å². The van der Waals surface area contributed by atoms with E-state index in [0.717, 1.165) is 39.1 Å². The van der Waals surface area contributed by atoms with Gasteiger partial charge in [0.15, 0.2) is 0 Å². The second-order valence-electron chi connectivity index (χ2n) is 7.47. The van der Waals surface area contributed by atoms with Gasteiger partial charge in [0.1, 0.15) is 0 Å². The van der Waals surface area contributed by atoms with Gasteiger partial charge in [-0.05, 0) is 59.2 Å². The highest BCUT2D eigenvalue weighted by atomic mass is 35.5. The fourth-order valence-electron chi connectivity index (χ4n) is 3.87. The maximum atomic E-state index is 12.9. The van der Waals surface area contributed by atoms with Gasteiger partial charge in [0.2, 0.25) is 0 Å². The maximum absolute atomic E-state index is 12.9. The van der Waals surface area contributed by atoms with Crippen LogP contribution in [-0.2, 0) is 16.4 Å². The van der Waals surface area contributed by atoms with Gasteiger partial charge in [-0.15, -0.1) is 0 Å². The van der Waals surface area contributed by atoms with Gasteiger partial charge < -0.3 is 0 Å². The Balaban J connectivity index is 1.41. The van der Waals surface area contributed by atoms with E-state index in [9.17, 15) is 8.42 Å². The molecule has 154 valence electrons. The molecule has 1 aliphatic rings. The van der Waals surface area contributed by atoms with Crippen LogP contribution in [0.3, 0.4) is 0 Å². The fourth-order valence-corrected chi connectivity index (χ4v) is 5.15. The first-order valence-electron chi connectivity index (χ1n) is 9.95. The van der Waals surface area contributed by atoms with Gasteiger partial charge in [0.05, 0.1) is 10.6 Å². The number of halogens is 1. The van der Waals surface area contributed by atoms with Crippen molar-refractivity contribution in [2.45, 2.75) is 11.3 Å². The molecule has 0 spiro atoms. The summed E-state index contributed by atoms with van der Waals surface area (Å²) in [6.07, 6.45) is 0.864. The van der Waals surface area contributed by atoms with Crippen molar-refractivity contribution in [3.63, 3.8) is 0 Å².